The number of hydrogen-bond donors (Lipinski definition) is 4. The Morgan fingerprint density at radius 2 is 0.690 bits per heavy atom. The number of benzene rings is 8. The summed E-state index contributed by atoms with van der Waals surface area (Å²) in [5, 5.41) is 60.2. The number of ether oxygens (including phenoxy) is 4. The van der Waals surface area contributed by atoms with Gasteiger partial charge in [-0.2, -0.15) is 26.3 Å². The molecular weight excluding hydrogens is 1220 g/mol. The summed E-state index contributed by atoms with van der Waals surface area (Å²) >= 11 is 23.3. The van der Waals surface area contributed by atoms with Gasteiger partial charge in [0, 0.05) is 36.4 Å². The summed E-state index contributed by atoms with van der Waals surface area (Å²) in [7, 11) is 0. The van der Waals surface area contributed by atoms with Gasteiger partial charge in [-0.05, 0) is 84.9 Å². The second kappa shape index (κ2) is 28.0. The van der Waals surface area contributed by atoms with Gasteiger partial charge >= 0.3 is 24.3 Å². The first-order valence-corrected chi connectivity index (χ1v) is 23.9. The first kappa shape index (κ1) is 64.7. The number of alkyl halides is 6. The molecule has 436 valence electrons. The van der Waals surface area contributed by atoms with Crippen LogP contribution in [0, 0.1) is 40.5 Å². The lowest BCUT2D eigenvalue weighted by atomic mass is 10.1. The summed E-state index contributed by atoms with van der Waals surface area (Å²) in [6.45, 7) is 0. The molecule has 0 spiro atoms. The molecule has 6 N–H and O–H groups in total. The highest BCUT2D eigenvalue weighted by Crippen LogP contribution is 2.42. The van der Waals surface area contributed by atoms with Crippen molar-refractivity contribution in [2.45, 2.75) is 12.4 Å². The van der Waals surface area contributed by atoms with Crippen molar-refractivity contribution in [3.63, 3.8) is 0 Å². The zero-order valence-corrected chi connectivity index (χ0v) is 44.4. The Bertz CT molecular complexity index is 3550. The van der Waals surface area contributed by atoms with Gasteiger partial charge in [0.2, 0.25) is 0 Å². The van der Waals surface area contributed by atoms with Crippen molar-refractivity contribution in [3.8, 4) is 46.0 Å². The SMILES string of the molecule is Nc1c([N+](=O)[O-])ccc(Oc2ccccc2)c1Cl.Nc1c([N+](=O)[O-])ccc(Oc2ccccc2)c1Cl.O=C(O)c1cc(Oc2ccc(C(F)(F)F)cc2Cl)ccc1[N+](=O)[O-].O=C(O)c1cc(Oc2ccc(C(F)(F)F)cc2Cl)ccc1[N+](=O)[O-]. The van der Waals surface area contributed by atoms with E-state index in [-0.39, 0.29) is 77.3 Å². The van der Waals surface area contributed by atoms with Gasteiger partial charge in [-0.15, -0.1) is 0 Å². The summed E-state index contributed by atoms with van der Waals surface area (Å²) in [5.41, 5.74) is 6.00. The standard InChI is InChI=1S/2C14H7ClF3NO5.2C12H9ClN2O3/c2*15-10-5-7(14(16,17)18)1-4-12(10)24-8-2-3-11(19(22)23)9(6-8)13(20)21;2*13-11-10(18-8-4-2-1-3-5-8)7-6-9(12(11)14)15(16)17/h2*1-6H,(H,20,21);2*1-7H,14H2. The lowest BCUT2D eigenvalue weighted by molar-refractivity contribution is -0.385. The fourth-order valence-corrected chi connectivity index (χ4v) is 7.26. The average molecular weight is 1250 g/mol. The Morgan fingerprint density at radius 1 is 0.405 bits per heavy atom. The van der Waals surface area contributed by atoms with E-state index in [4.69, 9.17) is 87.0 Å². The number of nitrogen functional groups attached to an aromatic ring is 2. The fourth-order valence-electron chi connectivity index (χ4n) is 6.42. The molecule has 0 saturated heterocycles. The number of carboxylic acids is 2. The van der Waals surface area contributed by atoms with Crippen LogP contribution < -0.4 is 30.4 Å². The lowest BCUT2D eigenvalue weighted by Gasteiger charge is -2.11. The molecule has 8 rings (SSSR count). The third-order valence-corrected chi connectivity index (χ3v) is 11.7. The number of nitro groups is 4. The largest absolute Gasteiger partial charge is 0.477 e. The van der Waals surface area contributed by atoms with Crippen LogP contribution in [0.4, 0.5) is 60.5 Å². The van der Waals surface area contributed by atoms with Crippen LogP contribution in [0.2, 0.25) is 20.1 Å². The number of nitrogens with zero attached hydrogens (tertiary/aromatic N) is 4. The van der Waals surface area contributed by atoms with E-state index >= 15 is 0 Å². The van der Waals surface area contributed by atoms with E-state index in [9.17, 15) is 76.4 Å². The Balaban J connectivity index is 0.000000207. The van der Waals surface area contributed by atoms with Crippen molar-refractivity contribution < 1.29 is 84.8 Å². The number of halogens is 10. The van der Waals surface area contributed by atoms with Crippen molar-refractivity contribution in [2.75, 3.05) is 11.5 Å². The Morgan fingerprint density at radius 3 is 0.964 bits per heavy atom. The van der Waals surface area contributed by atoms with Crippen LogP contribution in [0.15, 0.2) is 158 Å². The first-order chi connectivity index (χ1) is 39.4. The third-order valence-electron chi connectivity index (χ3n) is 10.3. The van der Waals surface area contributed by atoms with Crippen molar-refractivity contribution >= 4 is 92.5 Å². The summed E-state index contributed by atoms with van der Waals surface area (Å²) in [4.78, 5) is 62.0. The third kappa shape index (κ3) is 17.4. The first-order valence-electron chi connectivity index (χ1n) is 22.4. The molecule has 8 aromatic carbocycles. The van der Waals surface area contributed by atoms with Gasteiger partial charge in [0.1, 0.15) is 78.5 Å². The molecule has 0 aromatic heterocycles. The predicted octanol–water partition coefficient (Wildman–Crippen LogP) is 16.8. The minimum atomic E-state index is -4.58. The molecule has 0 fully saturated rings. The van der Waals surface area contributed by atoms with E-state index in [1.54, 1.807) is 48.5 Å². The number of para-hydroxylation sites is 2. The van der Waals surface area contributed by atoms with Crippen LogP contribution >= 0.6 is 46.4 Å². The van der Waals surface area contributed by atoms with E-state index in [0.717, 1.165) is 60.7 Å². The number of rotatable bonds is 14. The van der Waals surface area contributed by atoms with E-state index in [0.29, 0.717) is 23.6 Å². The van der Waals surface area contributed by atoms with Gasteiger partial charge < -0.3 is 40.6 Å². The summed E-state index contributed by atoms with van der Waals surface area (Å²) in [6.07, 6.45) is -9.15. The highest BCUT2D eigenvalue weighted by Gasteiger charge is 2.33. The lowest BCUT2D eigenvalue weighted by Crippen LogP contribution is -2.05. The van der Waals surface area contributed by atoms with Crippen molar-refractivity contribution in [3.05, 3.63) is 241 Å². The molecule has 0 unspecified atom stereocenters. The van der Waals surface area contributed by atoms with Gasteiger partial charge in [-0.3, -0.25) is 40.5 Å². The maximum atomic E-state index is 12.6. The molecule has 8 aromatic rings. The van der Waals surface area contributed by atoms with Crippen molar-refractivity contribution in [1.29, 1.82) is 0 Å². The average Bonchev–Trinajstić information content (AvgIpc) is 3.56. The summed E-state index contributed by atoms with van der Waals surface area (Å²) in [5.74, 6) is -1.95. The van der Waals surface area contributed by atoms with E-state index in [2.05, 4.69) is 0 Å². The quantitative estimate of drug-likeness (QED) is 0.0340. The molecule has 22 nitrogen and oxygen atoms in total. The van der Waals surface area contributed by atoms with Crippen LogP contribution in [0.5, 0.6) is 46.0 Å². The number of aromatic carboxylic acids is 2. The number of nitro benzene ring substituents is 4. The molecule has 0 aliphatic heterocycles. The normalized spacial score (nSPS) is 10.7. The van der Waals surface area contributed by atoms with Crippen LogP contribution in [0.1, 0.15) is 31.8 Å². The number of hydrogen-bond acceptors (Lipinski definition) is 16. The molecule has 32 heteroatoms. The molecule has 0 saturated carbocycles. The second-order valence-electron chi connectivity index (χ2n) is 15.9. The molecule has 84 heavy (non-hydrogen) atoms. The smallest absolute Gasteiger partial charge is 0.416 e. The zero-order chi connectivity index (χ0) is 62.4. The van der Waals surface area contributed by atoms with Crippen LogP contribution in [-0.4, -0.2) is 41.8 Å². The van der Waals surface area contributed by atoms with Crippen molar-refractivity contribution in [1.82, 2.24) is 0 Å². The van der Waals surface area contributed by atoms with E-state index < -0.39 is 77.6 Å². The van der Waals surface area contributed by atoms with Gasteiger partial charge in [0.15, 0.2) is 0 Å². The Kier molecular flexibility index (Phi) is 21.6. The number of carbonyl (C=O) groups is 2. The molecule has 0 atom stereocenters. The Labute approximate surface area is 485 Å². The molecule has 0 bridgehead atoms. The zero-order valence-electron chi connectivity index (χ0n) is 41.3. The van der Waals surface area contributed by atoms with Gasteiger partial charge in [-0.1, -0.05) is 82.8 Å². The molecule has 0 heterocycles. The van der Waals surface area contributed by atoms with Gasteiger partial charge in [0.25, 0.3) is 22.7 Å². The van der Waals surface area contributed by atoms with E-state index in [1.807, 2.05) is 12.1 Å². The van der Waals surface area contributed by atoms with Crippen LogP contribution in [0.25, 0.3) is 0 Å². The van der Waals surface area contributed by atoms with Gasteiger partial charge in [0.05, 0.1) is 40.9 Å². The summed E-state index contributed by atoms with van der Waals surface area (Å²) < 4.78 is 96.8. The predicted molar refractivity (Wildman–Crippen MR) is 291 cm³/mol. The maximum absolute atomic E-state index is 12.6. The summed E-state index contributed by atoms with van der Waals surface area (Å²) in [6, 6.07) is 33.8. The number of carboxylic acid groups (broad SMARTS) is 2. The molecule has 0 aliphatic carbocycles. The topological polar surface area (TPSA) is 336 Å². The number of anilines is 2. The highest BCUT2D eigenvalue weighted by molar-refractivity contribution is 6.35. The second-order valence-corrected chi connectivity index (χ2v) is 17.5. The Hall–Kier alpha value is -10.2. The van der Waals surface area contributed by atoms with Crippen LogP contribution in [0.3, 0.4) is 0 Å². The van der Waals surface area contributed by atoms with Crippen LogP contribution in [-0.2, 0) is 12.4 Å². The molecular formula is C52H32Cl4F6N6O16. The van der Waals surface area contributed by atoms with Crippen molar-refractivity contribution in [2.24, 2.45) is 0 Å². The monoisotopic (exact) mass is 1250 g/mol. The van der Waals surface area contributed by atoms with Gasteiger partial charge in [-0.25, -0.2) is 9.59 Å². The molecule has 0 radical (unpaired) electrons. The maximum Gasteiger partial charge on any atom is 0.416 e. The fraction of sp³-hybridized carbons (Fsp3) is 0.0385. The molecule has 0 amide bonds. The van der Waals surface area contributed by atoms with E-state index in [1.165, 1.54) is 24.3 Å². The highest BCUT2D eigenvalue weighted by atomic mass is 35.5. The minimum absolute atomic E-state index is 0.0352. The molecule has 0 aliphatic rings. The number of nitrogens with two attached hydrogens (primary N) is 2. The minimum Gasteiger partial charge on any atom is -0.477 e.